The van der Waals surface area contributed by atoms with Crippen molar-refractivity contribution in [2.45, 2.75) is 71.3 Å². The highest BCUT2D eigenvalue weighted by molar-refractivity contribution is 7.09. The zero-order valence-corrected chi connectivity index (χ0v) is 17.4. The number of fused-ring (bicyclic) bond motifs is 5. The molecule has 2 saturated carbocycles. The van der Waals surface area contributed by atoms with Gasteiger partial charge in [0, 0.05) is 17.7 Å². The molecule has 0 radical (unpaired) electrons. The van der Waals surface area contributed by atoms with Crippen LogP contribution < -0.4 is 0 Å². The molecular formula is C24H32O2S. The van der Waals surface area contributed by atoms with Gasteiger partial charge in [0.1, 0.15) is 0 Å². The molecular weight excluding hydrogens is 352 g/mol. The molecule has 4 aliphatic rings. The SMILES string of the molecule is C[C@]12CCC(O)CC1=CC[C@@H]1[C@@H]2CC[C@]2(C)C(Cc3cccs3)=C(O)C[C@@H]12. The second kappa shape index (κ2) is 6.22. The van der Waals surface area contributed by atoms with E-state index in [1.54, 1.807) is 0 Å². The van der Waals surface area contributed by atoms with E-state index in [2.05, 4.69) is 37.4 Å². The molecule has 1 heterocycles. The molecule has 6 atom stereocenters. The monoisotopic (exact) mass is 384 g/mol. The zero-order valence-electron chi connectivity index (χ0n) is 16.6. The molecule has 2 N–H and O–H groups in total. The molecule has 4 aliphatic carbocycles. The van der Waals surface area contributed by atoms with Crippen LogP contribution in [0.4, 0.5) is 0 Å². The standard InChI is InChI=1S/C24H32O2S/c1-23-9-7-16(25)12-15(23)5-6-18-19(23)8-10-24(2)20(18)14-22(26)21(24)13-17-4-3-11-27-17/h3-5,11,16,18-20,25-26H,6-10,12-14H2,1-2H3/t16?,18-,19+,20+,23+,24+/m1/s1. The number of aliphatic hydroxyl groups excluding tert-OH is 2. The lowest BCUT2D eigenvalue weighted by Gasteiger charge is -2.57. The average molecular weight is 385 g/mol. The zero-order chi connectivity index (χ0) is 18.8. The molecule has 0 aliphatic heterocycles. The first-order valence-corrected chi connectivity index (χ1v) is 11.6. The Bertz CT molecular complexity index is 791. The summed E-state index contributed by atoms with van der Waals surface area (Å²) < 4.78 is 0. The molecule has 5 rings (SSSR count). The molecule has 2 fully saturated rings. The molecule has 1 aromatic rings. The average Bonchev–Trinajstić information content (AvgIpc) is 3.23. The van der Waals surface area contributed by atoms with Crippen LogP contribution in [-0.2, 0) is 6.42 Å². The van der Waals surface area contributed by atoms with Crippen molar-refractivity contribution in [1.29, 1.82) is 0 Å². The van der Waals surface area contributed by atoms with Gasteiger partial charge in [0.15, 0.2) is 0 Å². The number of hydrogen-bond acceptors (Lipinski definition) is 3. The number of hydrogen-bond donors (Lipinski definition) is 2. The van der Waals surface area contributed by atoms with Crippen LogP contribution in [0.3, 0.4) is 0 Å². The van der Waals surface area contributed by atoms with Crippen LogP contribution in [0.5, 0.6) is 0 Å². The molecule has 2 nitrogen and oxygen atoms in total. The summed E-state index contributed by atoms with van der Waals surface area (Å²) in [6, 6.07) is 4.33. The highest BCUT2D eigenvalue weighted by Gasteiger charge is 2.58. The van der Waals surface area contributed by atoms with E-state index in [1.165, 1.54) is 28.9 Å². The van der Waals surface area contributed by atoms with E-state index in [0.717, 1.165) is 44.4 Å². The summed E-state index contributed by atoms with van der Waals surface area (Å²) in [6.45, 7) is 4.91. The summed E-state index contributed by atoms with van der Waals surface area (Å²) in [4.78, 5) is 1.37. The van der Waals surface area contributed by atoms with Crippen molar-refractivity contribution in [3.8, 4) is 0 Å². The fourth-order valence-corrected chi connectivity index (χ4v) is 7.98. The third-order valence-corrected chi connectivity index (χ3v) is 9.73. The van der Waals surface area contributed by atoms with Crippen LogP contribution in [0.15, 0.2) is 40.5 Å². The summed E-state index contributed by atoms with van der Waals surface area (Å²) in [7, 11) is 0. The maximum absolute atomic E-state index is 10.9. The molecule has 0 bridgehead atoms. The number of thiophene rings is 1. The van der Waals surface area contributed by atoms with Gasteiger partial charge >= 0.3 is 0 Å². The first-order valence-electron chi connectivity index (χ1n) is 10.7. The van der Waals surface area contributed by atoms with Gasteiger partial charge in [0.05, 0.1) is 11.9 Å². The van der Waals surface area contributed by atoms with Gasteiger partial charge in [-0.15, -0.1) is 11.3 Å². The van der Waals surface area contributed by atoms with E-state index >= 15 is 0 Å². The van der Waals surface area contributed by atoms with Gasteiger partial charge in [-0.3, -0.25) is 0 Å². The van der Waals surface area contributed by atoms with Crippen molar-refractivity contribution < 1.29 is 10.2 Å². The minimum Gasteiger partial charge on any atom is -0.512 e. The molecule has 0 amide bonds. The molecule has 146 valence electrons. The molecule has 0 aromatic carbocycles. The number of allylic oxidation sites excluding steroid dienone is 3. The molecule has 1 aromatic heterocycles. The van der Waals surface area contributed by atoms with Gasteiger partial charge in [-0.05, 0) is 84.1 Å². The normalized spacial score (nSPS) is 43.7. The van der Waals surface area contributed by atoms with Gasteiger partial charge in [-0.1, -0.05) is 31.6 Å². The Morgan fingerprint density at radius 3 is 2.70 bits per heavy atom. The first-order chi connectivity index (χ1) is 12.9. The summed E-state index contributed by atoms with van der Waals surface area (Å²) in [5.74, 6) is 2.66. The van der Waals surface area contributed by atoms with E-state index in [-0.39, 0.29) is 16.9 Å². The number of rotatable bonds is 2. The third-order valence-electron chi connectivity index (χ3n) is 8.85. The summed E-state index contributed by atoms with van der Waals surface area (Å²) in [5.41, 5.74) is 3.29. The fraction of sp³-hybridized carbons (Fsp3) is 0.667. The van der Waals surface area contributed by atoms with Crippen molar-refractivity contribution in [3.05, 3.63) is 45.4 Å². The van der Waals surface area contributed by atoms with Crippen LogP contribution in [0.2, 0.25) is 0 Å². The molecule has 27 heavy (non-hydrogen) atoms. The minimum absolute atomic E-state index is 0.135. The van der Waals surface area contributed by atoms with E-state index < -0.39 is 0 Å². The van der Waals surface area contributed by atoms with E-state index in [1.807, 2.05) is 11.3 Å². The maximum atomic E-state index is 10.9. The largest absolute Gasteiger partial charge is 0.512 e. The van der Waals surface area contributed by atoms with E-state index in [0.29, 0.717) is 17.6 Å². The lowest BCUT2D eigenvalue weighted by atomic mass is 9.47. The predicted molar refractivity (Wildman–Crippen MR) is 111 cm³/mol. The summed E-state index contributed by atoms with van der Waals surface area (Å²) in [6.07, 6.45) is 10.7. The second-order valence-corrected chi connectivity index (χ2v) is 11.0. The topological polar surface area (TPSA) is 40.5 Å². The van der Waals surface area contributed by atoms with Crippen molar-refractivity contribution >= 4 is 11.3 Å². The van der Waals surface area contributed by atoms with Crippen molar-refractivity contribution in [1.82, 2.24) is 0 Å². The second-order valence-electron chi connectivity index (χ2n) is 10.00. The fourth-order valence-electron chi connectivity index (χ4n) is 7.27. The Labute approximate surface area is 167 Å². The van der Waals surface area contributed by atoms with Crippen LogP contribution in [0.25, 0.3) is 0 Å². The van der Waals surface area contributed by atoms with Crippen molar-refractivity contribution in [2.24, 2.45) is 28.6 Å². The van der Waals surface area contributed by atoms with Gasteiger partial charge in [-0.25, -0.2) is 0 Å². The van der Waals surface area contributed by atoms with E-state index in [4.69, 9.17) is 0 Å². The van der Waals surface area contributed by atoms with Crippen LogP contribution >= 0.6 is 11.3 Å². The Morgan fingerprint density at radius 2 is 1.93 bits per heavy atom. The Kier molecular flexibility index (Phi) is 4.15. The maximum Gasteiger partial charge on any atom is 0.0927 e. The molecule has 0 saturated heterocycles. The van der Waals surface area contributed by atoms with E-state index in [9.17, 15) is 10.2 Å². The van der Waals surface area contributed by atoms with Crippen LogP contribution in [-0.4, -0.2) is 16.3 Å². The molecule has 3 heteroatoms. The highest BCUT2D eigenvalue weighted by Crippen LogP contribution is 2.66. The van der Waals surface area contributed by atoms with Gasteiger partial charge in [0.2, 0.25) is 0 Å². The third kappa shape index (κ3) is 2.61. The lowest BCUT2D eigenvalue weighted by Crippen LogP contribution is -2.50. The molecule has 1 unspecified atom stereocenters. The van der Waals surface area contributed by atoms with Crippen LogP contribution in [0, 0.1) is 28.6 Å². The van der Waals surface area contributed by atoms with Gasteiger partial charge < -0.3 is 10.2 Å². The Balaban J connectivity index is 1.45. The quantitative estimate of drug-likeness (QED) is 0.611. The minimum atomic E-state index is -0.135. The number of aliphatic hydroxyl groups is 2. The predicted octanol–water partition coefficient (Wildman–Crippen LogP) is 6.04. The van der Waals surface area contributed by atoms with Gasteiger partial charge in [0.25, 0.3) is 0 Å². The first kappa shape index (κ1) is 18.0. The Morgan fingerprint density at radius 1 is 1.11 bits per heavy atom. The smallest absolute Gasteiger partial charge is 0.0927 e. The van der Waals surface area contributed by atoms with Crippen LogP contribution in [0.1, 0.15) is 63.7 Å². The van der Waals surface area contributed by atoms with Crippen molar-refractivity contribution in [2.75, 3.05) is 0 Å². The summed E-state index contributed by atoms with van der Waals surface area (Å²) in [5, 5.41) is 23.2. The Hall–Kier alpha value is -1.06. The molecule has 0 spiro atoms. The van der Waals surface area contributed by atoms with Gasteiger partial charge in [-0.2, -0.15) is 0 Å². The van der Waals surface area contributed by atoms with Crippen molar-refractivity contribution in [3.63, 3.8) is 0 Å². The summed E-state index contributed by atoms with van der Waals surface area (Å²) >= 11 is 1.81. The lowest BCUT2D eigenvalue weighted by molar-refractivity contribution is -0.0305. The highest BCUT2D eigenvalue weighted by atomic mass is 32.1.